The van der Waals surface area contributed by atoms with Crippen molar-refractivity contribution in [3.05, 3.63) is 35.4 Å². The van der Waals surface area contributed by atoms with Crippen molar-refractivity contribution in [1.82, 2.24) is 10.2 Å². The Morgan fingerprint density at radius 1 is 1.09 bits per heavy atom. The van der Waals surface area contributed by atoms with Crippen LogP contribution in [0.5, 0.6) is 0 Å². The van der Waals surface area contributed by atoms with E-state index in [0.29, 0.717) is 11.1 Å². The summed E-state index contributed by atoms with van der Waals surface area (Å²) in [5, 5.41) is 2.20. The van der Waals surface area contributed by atoms with Gasteiger partial charge in [0.25, 0.3) is 11.8 Å². The standard InChI is InChI=1S/C10H21NO.C8H5NO2/c1-11(8-9-12-2)10-6-4-3-5-7-10;10-7-5-3-1-2-4-6(5)8(11)9-7/h10H,3-9H2,1-2H3;1-4H,(H,9,10,11). The summed E-state index contributed by atoms with van der Waals surface area (Å²) in [6.07, 6.45) is 7.05. The first-order valence-corrected chi connectivity index (χ1v) is 8.27. The Hall–Kier alpha value is -1.72. The van der Waals surface area contributed by atoms with E-state index in [4.69, 9.17) is 4.74 Å². The molecule has 1 aliphatic heterocycles. The molecule has 1 aromatic rings. The highest BCUT2D eigenvalue weighted by Crippen LogP contribution is 2.21. The van der Waals surface area contributed by atoms with Gasteiger partial charge in [-0.05, 0) is 32.0 Å². The minimum absolute atomic E-state index is 0.300. The third kappa shape index (κ3) is 4.88. The average Bonchev–Trinajstić information content (AvgIpc) is 2.89. The second-order valence-electron chi connectivity index (χ2n) is 6.09. The summed E-state index contributed by atoms with van der Waals surface area (Å²) in [6, 6.07) is 7.56. The van der Waals surface area contributed by atoms with Crippen molar-refractivity contribution in [2.24, 2.45) is 0 Å². The molecule has 2 amide bonds. The molecule has 5 heteroatoms. The fraction of sp³-hybridized carbons (Fsp3) is 0.556. The number of carbonyl (C=O) groups is 2. The van der Waals surface area contributed by atoms with E-state index in [1.807, 2.05) is 0 Å². The van der Waals surface area contributed by atoms with E-state index in [1.54, 1.807) is 31.4 Å². The van der Waals surface area contributed by atoms with Gasteiger partial charge in [-0.15, -0.1) is 0 Å². The zero-order valence-corrected chi connectivity index (χ0v) is 14.0. The first kappa shape index (κ1) is 17.6. The van der Waals surface area contributed by atoms with Crippen LogP contribution in [0.15, 0.2) is 24.3 Å². The fourth-order valence-electron chi connectivity index (χ4n) is 3.06. The predicted octanol–water partition coefficient (Wildman–Crippen LogP) is 2.47. The van der Waals surface area contributed by atoms with E-state index in [2.05, 4.69) is 17.3 Å². The van der Waals surface area contributed by atoms with E-state index in [1.165, 1.54) is 32.1 Å². The maximum atomic E-state index is 10.9. The first-order valence-electron chi connectivity index (χ1n) is 8.27. The number of likely N-dealkylation sites (N-methyl/N-ethyl adjacent to an activating group) is 1. The Bertz CT molecular complexity index is 506. The molecule has 1 heterocycles. The number of ether oxygens (including phenoxy) is 1. The second kappa shape index (κ2) is 8.79. The van der Waals surface area contributed by atoms with Gasteiger partial charge in [0.2, 0.25) is 0 Å². The zero-order valence-electron chi connectivity index (χ0n) is 14.0. The quantitative estimate of drug-likeness (QED) is 0.867. The summed E-state index contributed by atoms with van der Waals surface area (Å²) >= 11 is 0. The smallest absolute Gasteiger partial charge is 0.258 e. The summed E-state index contributed by atoms with van der Waals surface area (Å²) in [6.45, 7) is 1.95. The highest BCUT2D eigenvalue weighted by molar-refractivity contribution is 6.21. The lowest BCUT2D eigenvalue weighted by Gasteiger charge is -2.30. The van der Waals surface area contributed by atoms with Gasteiger partial charge in [0.15, 0.2) is 0 Å². The Labute approximate surface area is 138 Å². The highest BCUT2D eigenvalue weighted by atomic mass is 16.5. The van der Waals surface area contributed by atoms with E-state index >= 15 is 0 Å². The molecule has 0 saturated heterocycles. The zero-order chi connectivity index (χ0) is 16.7. The van der Waals surface area contributed by atoms with Crippen LogP contribution >= 0.6 is 0 Å². The van der Waals surface area contributed by atoms with Crippen LogP contribution in [-0.4, -0.2) is 50.1 Å². The summed E-state index contributed by atoms with van der Waals surface area (Å²) < 4.78 is 5.06. The van der Waals surface area contributed by atoms with Gasteiger partial charge in [-0.25, -0.2) is 0 Å². The highest BCUT2D eigenvalue weighted by Gasteiger charge is 2.25. The van der Waals surface area contributed by atoms with Gasteiger partial charge in [0.1, 0.15) is 0 Å². The monoisotopic (exact) mass is 318 g/mol. The van der Waals surface area contributed by atoms with Gasteiger partial charge in [-0.2, -0.15) is 0 Å². The lowest BCUT2D eigenvalue weighted by atomic mass is 9.94. The molecule has 3 rings (SSSR count). The van der Waals surface area contributed by atoms with Gasteiger partial charge in [-0.3, -0.25) is 14.9 Å². The molecule has 0 aromatic heterocycles. The van der Waals surface area contributed by atoms with Crippen LogP contribution in [0.25, 0.3) is 0 Å². The number of hydrogen-bond donors (Lipinski definition) is 1. The molecule has 0 unspecified atom stereocenters. The van der Waals surface area contributed by atoms with Gasteiger partial charge < -0.3 is 9.64 Å². The average molecular weight is 318 g/mol. The summed E-state index contributed by atoms with van der Waals surface area (Å²) in [4.78, 5) is 24.3. The molecule has 0 radical (unpaired) electrons. The van der Waals surface area contributed by atoms with E-state index in [0.717, 1.165) is 19.2 Å². The molecule has 0 bridgehead atoms. The molecule has 1 saturated carbocycles. The van der Waals surface area contributed by atoms with Crippen LogP contribution < -0.4 is 5.32 Å². The number of nitrogens with zero attached hydrogens (tertiary/aromatic N) is 1. The summed E-state index contributed by atoms with van der Waals surface area (Å²) in [5.74, 6) is -0.601. The van der Waals surface area contributed by atoms with Gasteiger partial charge in [0, 0.05) is 19.7 Å². The Morgan fingerprint density at radius 2 is 1.65 bits per heavy atom. The Balaban J connectivity index is 0.000000167. The molecule has 126 valence electrons. The molecule has 5 nitrogen and oxygen atoms in total. The molecule has 2 aliphatic rings. The second-order valence-corrected chi connectivity index (χ2v) is 6.09. The van der Waals surface area contributed by atoms with E-state index in [-0.39, 0.29) is 11.8 Å². The normalized spacial score (nSPS) is 17.5. The molecular weight excluding hydrogens is 292 g/mol. The third-order valence-corrected chi connectivity index (χ3v) is 4.49. The topological polar surface area (TPSA) is 58.6 Å². The number of carbonyl (C=O) groups excluding carboxylic acids is 2. The van der Waals surface area contributed by atoms with Crippen LogP contribution in [0.1, 0.15) is 52.8 Å². The van der Waals surface area contributed by atoms with Crippen molar-refractivity contribution in [3.63, 3.8) is 0 Å². The van der Waals surface area contributed by atoms with Crippen LogP contribution in [0, 0.1) is 0 Å². The number of benzene rings is 1. The van der Waals surface area contributed by atoms with Crippen molar-refractivity contribution in [2.75, 3.05) is 27.3 Å². The number of amides is 2. The third-order valence-electron chi connectivity index (χ3n) is 4.49. The lowest BCUT2D eigenvalue weighted by molar-refractivity contribution is 0.0879. The van der Waals surface area contributed by atoms with Gasteiger partial charge in [0.05, 0.1) is 17.7 Å². The first-order chi connectivity index (χ1) is 11.1. The minimum atomic E-state index is -0.300. The van der Waals surface area contributed by atoms with Crippen LogP contribution in [0.2, 0.25) is 0 Å². The number of rotatable bonds is 4. The summed E-state index contributed by atoms with van der Waals surface area (Å²) in [7, 11) is 3.99. The number of nitrogens with one attached hydrogen (secondary N) is 1. The van der Waals surface area contributed by atoms with Crippen molar-refractivity contribution < 1.29 is 14.3 Å². The molecule has 23 heavy (non-hydrogen) atoms. The predicted molar refractivity (Wildman–Crippen MR) is 89.6 cm³/mol. The van der Waals surface area contributed by atoms with Crippen molar-refractivity contribution in [3.8, 4) is 0 Å². The molecule has 1 aromatic carbocycles. The SMILES string of the molecule is COCCN(C)C1CCCCC1.O=C1NC(=O)c2ccccc21. The Kier molecular flexibility index (Phi) is 6.74. The molecule has 1 fully saturated rings. The molecular formula is C18H26N2O3. The largest absolute Gasteiger partial charge is 0.383 e. The molecule has 1 aliphatic carbocycles. The number of imide groups is 1. The van der Waals surface area contributed by atoms with Gasteiger partial charge >= 0.3 is 0 Å². The molecule has 0 atom stereocenters. The maximum absolute atomic E-state index is 10.9. The van der Waals surface area contributed by atoms with E-state index in [9.17, 15) is 9.59 Å². The maximum Gasteiger partial charge on any atom is 0.258 e. The van der Waals surface area contributed by atoms with Gasteiger partial charge in [-0.1, -0.05) is 31.4 Å². The summed E-state index contributed by atoms with van der Waals surface area (Å²) in [5.41, 5.74) is 0.940. The molecule has 0 spiro atoms. The van der Waals surface area contributed by atoms with Crippen LogP contribution in [0.4, 0.5) is 0 Å². The van der Waals surface area contributed by atoms with Crippen LogP contribution in [-0.2, 0) is 4.74 Å². The van der Waals surface area contributed by atoms with Crippen molar-refractivity contribution >= 4 is 11.8 Å². The number of fused-ring (bicyclic) bond motifs is 1. The van der Waals surface area contributed by atoms with Crippen molar-refractivity contribution in [2.45, 2.75) is 38.1 Å². The van der Waals surface area contributed by atoms with Crippen molar-refractivity contribution in [1.29, 1.82) is 0 Å². The minimum Gasteiger partial charge on any atom is -0.383 e. The van der Waals surface area contributed by atoms with Crippen LogP contribution in [0.3, 0.4) is 0 Å². The molecule has 1 N–H and O–H groups in total. The van der Waals surface area contributed by atoms with E-state index < -0.39 is 0 Å². The lowest BCUT2D eigenvalue weighted by Crippen LogP contribution is -2.35. The fourth-order valence-corrected chi connectivity index (χ4v) is 3.06. The Morgan fingerprint density at radius 3 is 2.17 bits per heavy atom. The number of methoxy groups -OCH3 is 1. The number of hydrogen-bond acceptors (Lipinski definition) is 4.